The molecular weight excluding hydrogens is 546 g/mol. The molecule has 0 spiro atoms. The molecule has 0 aromatic carbocycles. The van der Waals surface area contributed by atoms with Crippen LogP contribution in [-0.2, 0) is 14.3 Å². The number of carboxylic acid groups (broad SMARTS) is 2. The highest BCUT2D eigenvalue weighted by molar-refractivity contribution is 7.99. The van der Waals surface area contributed by atoms with E-state index >= 15 is 0 Å². The Morgan fingerprint density at radius 3 is 2.00 bits per heavy atom. The number of aliphatic carboxylic acids is 2. The van der Waals surface area contributed by atoms with E-state index in [9.17, 15) is 26.3 Å². The highest BCUT2D eigenvalue weighted by Crippen LogP contribution is 2.37. The molecule has 0 bridgehead atoms. The third-order valence-electron chi connectivity index (χ3n) is 6.18. The van der Waals surface area contributed by atoms with Gasteiger partial charge in [-0.1, -0.05) is 0 Å². The monoisotopic (exact) mass is 576 g/mol. The van der Waals surface area contributed by atoms with E-state index in [0.29, 0.717) is 17.9 Å². The number of alkyl halides is 6. The van der Waals surface area contributed by atoms with Gasteiger partial charge in [0.05, 0.1) is 19.3 Å². The lowest BCUT2D eigenvalue weighted by Gasteiger charge is -2.31. The molecule has 15 heteroatoms. The molecular formula is C23H30F6N2O6S. The summed E-state index contributed by atoms with van der Waals surface area (Å²) in [5.74, 6) is -0.757. The standard InChI is InChI=1S/C19H28N2O2S.2C2HF3O2/c1-13-7-17(8-14(2)20-13)22-11-15-12-23-19-10-21(9-18(15)19)16-3-5-24-6-4-16;2*3-2(4,5)1(6)7/h7-8,15-16,18-19H,3-6,9-12H2,1-2H3;2*(H,6,7)/t15-,18+,19+;;/m0../s1. The molecule has 0 aliphatic carbocycles. The Hall–Kier alpha value is -2.26. The molecule has 0 saturated carbocycles. The van der Waals surface area contributed by atoms with Gasteiger partial charge in [-0.05, 0) is 38.2 Å². The van der Waals surface area contributed by atoms with Crippen molar-refractivity contribution in [2.24, 2.45) is 11.8 Å². The van der Waals surface area contributed by atoms with Crippen LogP contribution in [0.3, 0.4) is 0 Å². The van der Waals surface area contributed by atoms with Crippen LogP contribution in [0.5, 0.6) is 5.75 Å². The summed E-state index contributed by atoms with van der Waals surface area (Å²) in [5, 5.41) is 14.2. The van der Waals surface area contributed by atoms with E-state index in [4.69, 9.17) is 29.3 Å². The maximum absolute atomic E-state index is 10.6. The summed E-state index contributed by atoms with van der Waals surface area (Å²) in [7, 11) is 0. The number of aromatic nitrogens is 1. The van der Waals surface area contributed by atoms with Crippen molar-refractivity contribution in [1.29, 1.82) is 0 Å². The number of nitrogens with zero attached hydrogens (tertiary/aromatic N) is 2. The van der Waals surface area contributed by atoms with Crippen molar-refractivity contribution in [2.45, 2.75) is 51.2 Å². The number of aryl methyl sites for hydroxylation is 2. The highest BCUT2D eigenvalue weighted by atomic mass is 32.2. The highest BCUT2D eigenvalue weighted by Gasteiger charge is 2.45. The van der Waals surface area contributed by atoms with Crippen molar-refractivity contribution < 1.29 is 55.6 Å². The van der Waals surface area contributed by atoms with Gasteiger partial charge in [0.25, 0.3) is 0 Å². The number of ether oxygens (including phenoxy) is 2. The first-order valence-electron chi connectivity index (χ1n) is 11.7. The molecule has 3 saturated heterocycles. The number of rotatable bonds is 4. The van der Waals surface area contributed by atoms with Gasteiger partial charge >= 0.3 is 24.3 Å². The Bertz CT molecular complexity index is 898. The van der Waals surface area contributed by atoms with Crippen LogP contribution in [0.15, 0.2) is 12.1 Å². The summed E-state index contributed by atoms with van der Waals surface area (Å²) in [6.07, 6.45) is -7.05. The van der Waals surface area contributed by atoms with Crippen molar-refractivity contribution in [3.05, 3.63) is 23.5 Å². The summed E-state index contributed by atoms with van der Waals surface area (Å²) in [5.41, 5.74) is 2.04. The van der Waals surface area contributed by atoms with Gasteiger partial charge in [0.15, 0.2) is 0 Å². The number of thioether (sulfide) groups is 1. The number of hydrogen-bond donors (Lipinski definition) is 2. The van der Waals surface area contributed by atoms with Crippen molar-refractivity contribution in [3.8, 4) is 5.75 Å². The first-order valence-corrected chi connectivity index (χ1v) is 12.8. The Balaban J connectivity index is 0.000000301. The lowest BCUT2D eigenvalue weighted by atomic mass is 9.94. The van der Waals surface area contributed by atoms with Gasteiger partial charge in [0.1, 0.15) is 5.75 Å². The molecule has 4 heterocycles. The first-order chi connectivity index (χ1) is 17.6. The normalized spacial score (nSPS) is 23.9. The lowest BCUT2D eigenvalue weighted by Crippen LogP contribution is -2.38. The number of carboxylic acids is 2. The minimum atomic E-state index is -5.08. The van der Waals surface area contributed by atoms with E-state index in [-0.39, 0.29) is 0 Å². The average Bonchev–Trinajstić information content (AvgIpc) is 3.38. The van der Waals surface area contributed by atoms with Crippen molar-refractivity contribution in [1.82, 2.24) is 9.88 Å². The largest absolute Gasteiger partial charge is 0.493 e. The van der Waals surface area contributed by atoms with E-state index in [2.05, 4.69) is 21.6 Å². The van der Waals surface area contributed by atoms with Crippen LogP contribution in [0.25, 0.3) is 0 Å². The van der Waals surface area contributed by atoms with Gasteiger partial charge in [-0.3, -0.25) is 9.88 Å². The van der Waals surface area contributed by atoms with E-state index in [1.165, 1.54) is 30.9 Å². The molecule has 3 aliphatic heterocycles. The van der Waals surface area contributed by atoms with Gasteiger partial charge in [0, 0.05) is 54.5 Å². The average molecular weight is 577 g/mol. The van der Waals surface area contributed by atoms with Gasteiger partial charge < -0.3 is 19.7 Å². The van der Waals surface area contributed by atoms with Crippen molar-refractivity contribution in [3.63, 3.8) is 0 Å². The maximum Gasteiger partial charge on any atom is 0.490 e. The molecule has 0 amide bonds. The predicted octanol–water partition coefficient (Wildman–Crippen LogP) is 4.19. The first kappa shape index (κ1) is 32.0. The van der Waals surface area contributed by atoms with E-state index in [0.717, 1.165) is 42.9 Å². The molecule has 0 unspecified atom stereocenters. The lowest BCUT2D eigenvalue weighted by molar-refractivity contribution is -0.193. The molecule has 3 aliphatic rings. The third kappa shape index (κ3) is 10.1. The van der Waals surface area contributed by atoms with Crippen LogP contribution in [0.1, 0.15) is 24.2 Å². The maximum atomic E-state index is 10.6. The van der Waals surface area contributed by atoms with Crippen LogP contribution in [0, 0.1) is 25.7 Å². The second-order valence-electron chi connectivity index (χ2n) is 9.10. The smallest absolute Gasteiger partial charge is 0.490 e. The van der Waals surface area contributed by atoms with Crippen LogP contribution in [0.2, 0.25) is 0 Å². The van der Waals surface area contributed by atoms with E-state index in [1.54, 1.807) is 0 Å². The van der Waals surface area contributed by atoms with Gasteiger partial charge in [-0.15, -0.1) is 0 Å². The second kappa shape index (κ2) is 13.7. The summed E-state index contributed by atoms with van der Waals surface area (Å²) in [4.78, 5) is 24.9. The van der Waals surface area contributed by atoms with Gasteiger partial charge in [0.2, 0.25) is 0 Å². The van der Waals surface area contributed by atoms with Crippen LogP contribution >= 0.6 is 11.8 Å². The Kier molecular flexibility index (Phi) is 11.5. The molecule has 216 valence electrons. The fourth-order valence-corrected chi connectivity index (χ4v) is 5.51. The number of likely N-dealkylation sites (tertiary alicyclic amines) is 1. The van der Waals surface area contributed by atoms with Crippen LogP contribution in [0.4, 0.5) is 26.3 Å². The molecule has 3 fully saturated rings. The summed E-state index contributed by atoms with van der Waals surface area (Å²) < 4.78 is 75.7. The summed E-state index contributed by atoms with van der Waals surface area (Å²) in [6.45, 7) is 7.98. The minimum Gasteiger partial charge on any atom is -0.493 e. The quantitative estimate of drug-likeness (QED) is 0.510. The number of hydrogen-bond acceptors (Lipinski definition) is 7. The number of fused-ring (bicyclic) bond motifs is 1. The zero-order valence-corrected chi connectivity index (χ0v) is 21.5. The summed E-state index contributed by atoms with van der Waals surface area (Å²) in [6, 6.07) is 4.84. The van der Waals surface area contributed by atoms with Crippen molar-refractivity contribution in [2.75, 3.05) is 37.8 Å². The van der Waals surface area contributed by atoms with E-state index < -0.39 is 24.3 Å². The van der Waals surface area contributed by atoms with Gasteiger partial charge in [-0.25, -0.2) is 9.59 Å². The summed E-state index contributed by atoms with van der Waals surface area (Å²) >= 11 is 2.10. The Morgan fingerprint density at radius 2 is 1.53 bits per heavy atom. The van der Waals surface area contributed by atoms with Crippen molar-refractivity contribution >= 4 is 23.7 Å². The van der Waals surface area contributed by atoms with E-state index in [1.807, 2.05) is 26.0 Å². The molecule has 38 heavy (non-hydrogen) atoms. The zero-order chi connectivity index (χ0) is 28.7. The number of halogens is 6. The number of carbonyl (C=O) groups is 2. The van der Waals surface area contributed by atoms with Crippen LogP contribution in [-0.4, -0.2) is 94.3 Å². The topological polar surface area (TPSA) is 109 Å². The molecule has 1 aromatic rings. The molecule has 2 N–H and O–H groups in total. The molecule has 3 atom stereocenters. The fraction of sp³-hybridized carbons (Fsp3) is 0.696. The number of pyridine rings is 1. The molecule has 8 nitrogen and oxygen atoms in total. The van der Waals surface area contributed by atoms with Crippen LogP contribution < -0.4 is 4.74 Å². The Morgan fingerprint density at radius 1 is 1.03 bits per heavy atom. The fourth-order valence-electron chi connectivity index (χ4n) is 4.43. The molecule has 0 radical (unpaired) electrons. The van der Waals surface area contributed by atoms with Gasteiger partial charge in [-0.2, -0.15) is 38.1 Å². The Labute approximate surface area is 219 Å². The minimum absolute atomic E-state index is 0.425. The third-order valence-corrected chi connectivity index (χ3v) is 7.23. The predicted molar refractivity (Wildman–Crippen MR) is 125 cm³/mol. The molecule has 4 rings (SSSR count). The molecule has 1 aromatic heterocycles. The SMILES string of the molecule is Cc1cc(OC[C@H]2CO[C@@H]3CN(C4CCSCC4)C[C@H]23)cc(C)n1.O=C(O)C(F)(F)F.O=C(O)C(F)(F)F. The zero-order valence-electron chi connectivity index (χ0n) is 20.7. The second-order valence-corrected chi connectivity index (χ2v) is 10.3.